The van der Waals surface area contributed by atoms with Gasteiger partial charge in [0.05, 0.1) is 12.5 Å². The summed E-state index contributed by atoms with van der Waals surface area (Å²) in [6.07, 6.45) is 2.45. The van der Waals surface area contributed by atoms with E-state index in [9.17, 15) is 9.59 Å². The second-order valence-corrected chi connectivity index (χ2v) is 5.25. The maximum Gasteiger partial charge on any atom is 0.232 e. The van der Waals surface area contributed by atoms with E-state index in [-0.39, 0.29) is 18.2 Å². The predicted molar refractivity (Wildman–Crippen MR) is 81.2 cm³/mol. The molecule has 22 heavy (non-hydrogen) atoms. The Balaban J connectivity index is 1.60. The normalized spacial score (nSPS) is 16.8. The molecule has 7 heteroatoms. The van der Waals surface area contributed by atoms with Crippen LogP contribution < -0.4 is 10.6 Å². The quantitative estimate of drug-likeness (QED) is 0.894. The summed E-state index contributed by atoms with van der Waals surface area (Å²) in [7, 11) is 0. The number of anilines is 2. The van der Waals surface area contributed by atoms with Crippen LogP contribution in [0.4, 0.5) is 11.6 Å². The number of hydrogen-bond acceptors (Lipinski definition) is 4. The van der Waals surface area contributed by atoms with Crippen LogP contribution in [-0.2, 0) is 22.6 Å². The number of carbonyl (C=O) groups is 2. The summed E-state index contributed by atoms with van der Waals surface area (Å²) in [5.74, 6) is -0.397. The highest BCUT2D eigenvalue weighted by molar-refractivity contribution is 5.98. The highest BCUT2D eigenvalue weighted by Gasteiger charge is 2.29. The highest BCUT2D eigenvalue weighted by atomic mass is 16.2. The average Bonchev–Trinajstić information content (AvgIpc) is 2.95. The number of aromatic nitrogens is 3. The van der Waals surface area contributed by atoms with Crippen molar-refractivity contribution in [3.63, 3.8) is 0 Å². The summed E-state index contributed by atoms with van der Waals surface area (Å²) in [6.45, 7) is 2.44. The molecule has 3 rings (SSSR count). The molecular formula is C15H17N5O2. The second kappa shape index (κ2) is 5.97. The van der Waals surface area contributed by atoms with Crippen LogP contribution in [0.5, 0.6) is 0 Å². The third-order valence-corrected chi connectivity index (χ3v) is 3.69. The standard InChI is InChI=1S/C15H17N5O2/c1-2-10-3-5-12(6-4-10)18-13(21)7-11-8-20-15(16-9-17-20)19-14(11)22/h3-6,9,11H,2,7-8H2,1H3,(H,18,21)(H,16,17,19,22)/t11-/m0/s1. The van der Waals surface area contributed by atoms with E-state index in [0.717, 1.165) is 12.1 Å². The van der Waals surface area contributed by atoms with Crippen molar-refractivity contribution in [2.75, 3.05) is 10.6 Å². The van der Waals surface area contributed by atoms with E-state index >= 15 is 0 Å². The van der Waals surface area contributed by atoms with Gasteiger partial charge in [0, 0.05) is 12.1 Å². The predicted octanol–water partition coefficient (Wildman–Crippen LogP) is 1.44. The van der Waals surface area contributed by atoms with Crippen molar-refractivity contribution in [2.24, 2.45) is 5.92 Å². The van der Waals surface area contributed by atoms with Crippen LogP contribution in [0.1, 0.15) is 18.9 Å². The van der Waals surface area contributed by atoms with Gasteiger partial charge in [-0.2, -0.15) is 10.1 Å². The Hall–Kier alpha value is -2.70. The molecule has 1 aromatic heterocycles. The molecule has 2 amide bonds. The molecule has 0 radical (unpaired) electrons. The van der Waals surface area contributed by atoms with E-state index in [4.69, 9.17) is 0 Å². The molecular weight excluding hydrogens is 282 g/mol. The summed E-state index contributed by atoms with van der Waals surface area (Å²) in [5, 5.41) is 9.47. The molecule has 1 aromatic carbocycles. The first kappa shape index (κ1) is 14.2. The fourth-order valence-corrected chi connectivity index (χ4v) is 2.42. The van der Waals surface area contributed by atoms with Gasteiger partial charge >= 0.3 is 0 Å². The minimum atomic E-state index is -0.441. The Kier molecular flexibility index (Phi) is 3.86. The summed E-state index contributed by atoms with van der Waals surface area (Å²) < 4.78 is 1.59. The van der Waals surface area contributed by atoms with Gasteiger partial charge in [0.15, 0.2) is 0 Å². The van der Waals surface area contributed by atoms with E-state index < -0.39 is 5.92 Å². The van der Waals surface area contributed by atoms with Crippen LogP contribution in [0.15, 0.2) is 30.6 Å². The van der Waals surface area contributed by atoms with Gasteiger partial charge in [-0.15, -0.1) is 0 Å². The lowest BCUT2D eigenvalue weighted by Crippen LogP contribution is -2.36. The molecule has 1 aliphatic rings. The molecule has 0 spiro atoms. The lowest BCUT2D eigenvalue weighted by atomic mass is 10.0. The first-order chi connectivity index (χ1) is 10.7. The number of benzene rings is 1. The van der Waals surface area contributed by atoms with Crippen LogP contribution in [0.25, 0.3) is 0 Å². The first-order valence-corrected chi connectivity index (χ1v) is 7.23. The van der Waals surface area contributed by atoms with E-state index in [2.05, 4.69) is 27.6 Å². The third-order valence-electron chi connectivity index (χ3n) is 3.69. The number of hydrogen-bond donors (Lipinski definition) is 2. The van der Waals surface area contributed by atoms with Crippen molar-refractivity contribution >= 4 is 23.5 Å². The lowest BCUT2D eigenvalue weighted by molar-refractivity contribution is -0.125. The molecule has 7 nitrogen and oxygen atoms in total. The van der Waals surface area contributed by atoms with Crippen LogP contribution in [0.2, 0.25) is 0 Å². The Labute approximate surface area is 127 Å². The molecule has 1 aliphatic heterocycles. The number of aryl methyl sites for hydroxylation is 1. The monoisotopic (exact) mass is 299 g/mol. The van der Waals surface area contributed by atoms with Crippen molar-refractivity contribution in [3.8, 4) is 0 Å². The lowest BCUT2D eigenvalue weighted by Gasteiger charge is -2.21. The molecule has 0 fully saturated rings. The third kappa shape index (κ3) is 2.98. The number of fused-ring (bicyclic) bond motifs is 1. The minimum Gasteiger partial charge on any atom is -0.326 e. The van der Waals surface area contributed by atoms with Crippen molar-refractivity contribution < 1.29 is 9.59 Å². The minimum absolute atomic E-state index is 0.112. The topological polar surface area (TPSA) is 88.9 Å². The van der Waals surface area contributed by atoms with Crippen LogP contribution in [-0.4, -0.2) is 26.6 Å². The zero-order valence-electron chi connectivity index (χ0n) is 12.2. The van der Waals surface area contributed by atoms with E-state index in [1.165, 1.54) is 11.9 Å². The van der Waals surface area contributed by atoms with Crippen molar-refractivity contribution in [1.82, 2.24) is 14.8 Å². The van der Waals surface area contributed by atoms with Gasteiger partial charge < -0.3 is 5.32 Å². The van der Waals surface area contributed by atoms with Crippen LogP contribution in [0, 0.1) is 5.92 Å². The number of amides is 2. The van der Waals surface area contributed by atoms with E-state index in [1.54, 1.807) is 4.68 Å². The molecule has 0 saturated heterocycles. The Morgan fingerprint density at radius 3 is 2.91 bits per heavy atom. The fourth-order valence-electron chi connectivity index (χ4n) is 2.42. The summed E-state index contributed by atoms with van der Waals surface area (Å²) in [6, 6.07) is 7.69. The molecule has 0 saturated carbocycles. The van der Waals surface area contributed by atoms with Gasteiger partial charge in [-0.25, -0.2) is 4.68 Å². The zero-order valence-corrected chi connectivity index (χ0v) is 12.2. The van der Waals surface area contributed by atoms with Crippen LogP contribution >= 0.6 is 0 Å². The van der Waals surface area contributed by atoms with Crippen molar-refractivity contribution in [2.45, 2.75) is 26.3 Å². The largest absolute Gasteiger partial charge is 0.326 e. The van der Waals surface area contributed by atoms with Gasteiger partial charge in [-0.1, -0.05) is 19.1 Å². The summed E-state index contributed by atoms with van der Waals surface area (Å²) >= 11 is 0. The maximum absolute atomic E-state index is 12.1. The number of rotatable bonds is 4. The smallest absolute Gasteiger partial charge is 0.232 e. The van der Waals surface area contributed by atoms with Gasteiger partial charge in [-0.05, 0) is 24.1 Å². The van der Waals surface area contributed by atoms with Crippen molar-refractivity contribution in [3.05, 3.63) is 36.2 Å². The summed E-state index contributed by atoms with van der Waals surface area (Å²) in [4.78, 5) is 28.0. The fraction of sp³-hybridized carbons (Fsp3) is 0.333. The molecule has 2 aromatic rings. The van der Waals surface area contributed by atoms with Gasteiger partial charge in [0.2, 0.25) is 17.8 Å². The second-order valence-electron chi connectivity index (χ2n) is 5.25. The average molecular weight is 299 g/mol. The zero-order chi connectivity index (χ0) is 15.5. The van der Waals surface area contributed by atoms with E-state index in [1.807, 2.05) is 24.3 Å². The van der Waals surface area contributed by atoms with Gasteiger partial charge in [-0.3, -0.25) is 14.9 Å². The highest BCUT2D eigenvalue weighted by Crippen LogP contribution is 2.19. The van der Waals surface area contributed by atoms with Crippen molar-refractivity contribution in [1.29, 1.82) is 0 Å². The molecule has 0 unspecified atom stereocenters. The number of nitrogens with one attached hydrogen (secondary N) is 2. The molecule has 114 valence electrons. The van der Waals surface area contributed by atoms with Crippen LogP contribution in [0.3, 0.4) is 0 Å². The number of nitrogens with zero attached hydrogens (tertiary/aromatic N) is 3. The first-order valence-electron chi connectivity index (χ1n) is 7.23. The molecule has 2 heterocycles. The summed E-state index contributed by atoms with van der Waals surface area (Å²) in [5.41, 5.74) is 1.95. The van der Waals surface area contributed by atoms with E-state index in [0.29, 0.717) is 12.5 Å². The Morgan fingerprint density at radius 2 is 2.18 bits per heavy atom. The molecule has 0 aliphatic carbocycles. The molecule has 0 bridgehead atoms. The Bertz CT molecular complexity index is 692. The maximum atomic E-state index is 12.1. The van der Waals surface area contributed by atoms with Gasteiger partial charge in [0.1, 0.15) is 6.33 Å². The molecule has 1 atom stereocenters. The SMILES string of the molecule is CCc1ccc(NC(=O)C[C@H]2Cn3ncnc3NC2=O)cc1. The Morgan fingerprint density at radius 1 is 1.41 bits per heavy atom. The number of carbonyl (C=O) groups excluding carboxylic acids is 2. The van der Waals surface area contributed by atoms with Gasteiger partial charge in [0.25, 0.3) is 0 Å². The molecule has 2 N–H and O–H groups in total.